The standard InChI is InChI=1S/C17H23NO3/c1-12(17(19)20)14-2-3-16-15(10-14)4-7-18(16)11-13-5-8-21-9-6-13/h2-3,10,12-13H,4-9,11H2,1H3,(H,19,20). The van der Waals surface area contributed by atoms with Crippen molar-refractivity contribution in [3.05, 3.63) is 29.3 Å². The smallest absolute Gasteiger partial charge is 0.310 e. The Hall–Kier alpha value is -1.55. The molecule has 1 aromatic rings. The molecule has 21 heavy (non-hydrogen) atoms. The fourth-order valence-corrected chi connectivity index (χ4v) is 3.33. The second kappa shape index (κ2) is 6.06. The molecule has 2 aliphatic heterocycles. The molecule has 0 bridgehead atoms. The van der Waals surface area contributed by atoms with Crippen LogP contribution >= 0.6 is 0 Å². The maximum absolute atomic E-state index is 11.1. The topological polar surface area (TPSA) is 49.8 Å². The van der Waals surface area contributed by atoms with E-state index in [1.807, 2.05) is 6.07 Å². The Balaban J connectivity index is 1.72. The van der Waals surface area contributed by atoms with Gasteiger partial charge in [-0.15, -0.1) is 0 Å². The van der Waals surface area contributed by atoms with E-state index in [9.17, 15) is 4.79 Å². The minimum Gasteiger partial charge on any atom is -0.481 e. The van der Waals surface area contributed by atoms with Gasteiger partial charge in [0.1, 0.15) is 0 Å². The molecule has 0 radical (unpaired) electrons. The maximum atomic E-state index is 11.1. The molecule has 114 valence electrons. The number of benzene rings is 1. The molecule has 2 heterocycles. The average molecular weight is 289 g/mol. The van der Waals surface area contributed by atoms with Crippen molar-refractivity contribution < 1.29 is 14.6 Å². The van der Waals surface area contributed by atoms with Crippen LogP contribution in [-0.4, -0.2) is 37.4 Å². The van der Waals surface area contributed by atoms with Crippen LogP contribution in [0, 0.1) is 5.92 Å². The first-order valence-electron chi connectivity index (χ1n) is 7.83. The molecule has 4 heteroatoms. The SMILES string of the molecule is CC(C(=O)O)c1ccc2c(c1)CCN2CC1CCOCC1. The average Bonchev–Trinajstić information content (AvgIpc) is 2.90. The quantitative estimate of drug-likeness (QED) is 0.926. The van der Waals surface area contributed by atoms with Crippen molar-refractivity contribution in [1.82, 2.24) is 0 Å². The summed E-state index contributed by atoms with van der Waals surface area (Å²) in [7, 11) is 0. The summed E-state index contributed by atoms with van der Waals surface area (Å²) in [4.78, 5) is 13.6. The number of nitrogens with zero attached hydrogens (tertiary/aromatic N) is 1. The Morgan fingerprint density at radius 2 is 2.19 bits per heavy atom. The number of hydrogen-bond donors (Lipinski definition) is 1. The molecule has 1 atom stereocenters. The normalized spacial score (nSPS) is 20.3. The molecule has 3 rings (SSSR count). The summed E-state index contributed by atoms with van der Waals surface area (Å²) >= 11 is 0. The number of aliphatic carboxylic acids is 1. The van der Waals surface area contributed by atoms with Gasteiger partial charge in [-0.05, 0) is 49.3 Å². The summed E-state index contributed by atoms with van der Waals surface area (Å²) in [6.45, 7) is 5.68. The van der Waals surface area contributed by atoms with Gasteiger partial charge < -0.3 is 14.7 Å². The van der Waals surface area contributed by atoms with E-state index in [1.165, 1.54) is 11.3 Å². The van der Waals surface area contributed by atoms with Gasteiger partial charge in [-0.1, -0.05) is 12.1 Å². The number of rotatable bonds is 4. The molecule has 0 saturated carbocycles. The van der Waals surface area contributed by atoms with E-state index >= 15 is 0 Å². The first-order chi connectivity index (χ1) is 10.1. The van der Waals surface area contributed by atoms with Crippen LogP contribution in [-0.2, 0) is 16.0 Å². The molecule has 1 saturated heterocycles. The third-order valence-electron chi connectivity index (χ3n) is 4.79. The molecule has 2 aliphatic rings. The van der Waals surface area contributed by atoms with E-state index < -0.39 is 11.9 Å². The highest BCUT2D eigenvalue weighted by atomic mass is 16.5. The highest BCUT2D eigenvalue weighted by Gasteiger charge is 2.25. The lowest BCUT2D eigenvalue weighted by atomic mass is 9.97. The van der Waals surface area contributed by atoms with Crippen molar-refractivity contribution in [1.29, 1.82) is 0 Å². The second-order valence-electron chi connectivity index (χ2n) is 6.20. The Labute approximate surface area is 125 Å². The fourth-order valence-electron chi connectivity index (χ4n) is 3.33. The Morgan fingerprint density at radius 3 is 2.90 bits per heavy atom. The third kappa shape index (κ3) is 3.05. The van der Waals surface area contributed by atoms with E-state index in [0.29, 0.717) is 0 Å². The van der Waals surface area contributed by atoms with Crippen LogP contribution < -0.4 is 4.90 Å². The zero-order valence-electron chi connectivity index (χ0n) is 12.5. The third-order valence-corrected chi connectivity index (χ3v) is 4.79. The van der Waals surface area contributed by atoms with Crippen molar-refractivity contribution >= 4 is 11.7 Å². The number of anilines is 1. The van der Waals surface area contributed by atoms with Gasteiger partial charge in [-0.25, -0.2) is 0 Å². The van der Waals surface area contributed by atoms with E-state index in [0.717, 1.165) is 57.0 Å². The van der Waals surface area contributed by atoms with Crippen molar-refractivity contribution in [3.8, 4) is 0 Å². The monoisotopic (exact) mass is 289 g/mol. The van der Waals surface area contributed by atoms with Gasteiger partial charge in [0.25, 0.3) is 0 Å². The number of carbonyl (C=O) groups is 1. The van der Waals surface area contributed by atoms with Crippen molar-refractivity contribution in [2.24, 2.45) is 5.92 Å². The van der Waals surface area contributed by atoms with Crippen LogP contribution in [0.4, 0.5) is 5.69 Å². The molecule has 0 spiro atoms. The molecule has 4 nitrogen and oxygen atoms in total. The van der Waals surface area contributed by atoms with E-state index in [2.05, 4.69) is 17.0 Å². The summed E-state index contributed by atoms with van der Waals surface area (Å²) in [6.07, 6.45) is 3.33. The summed E-state index contributed by atoms with van der Waals surface area (Å²) in [5.74, 6) is -0.464. The van der Waals surface area contributed by atoms with E-state index in [-0.39, 0.29) is 0 Å². The fraction of sp³-hybridized carbons (Fsp3) is 0.588. The van der Waals surface area contributed by atoms with Crippen LogP contribution in [0.1, 0.15) is 36.8 Å². The number of ether oxygens (including phenoxy) is 1. The first-order valence-corrected chi connectivity index (χ1v) is 7.83. The molecule has 0 aliphatic carbocycles. The van der Waals surface area contributed by atoms with Crippen molar-refractivity contribution in [2.75, 3.05) is 31.2 Å². The van der Waals surface area contributed by atoms with Crippen molar-refractivity contribution in [2.45, 2.75) is 32.1 Å². The zero-order valence-corrected chi connectivity index (χ0v) is 12.5. The van der Waals surface area contributed by atoms with Gasteiger partial charge in [0.05, 0.1) is 5.92 Å². The molecule has 1 unspecified atom stereocenters. The zero-order chi connectivity index (χ0) is 14.8. The van der Waals surface area contributed by atoms with Gasteiger partial charge >= 0.3 is 5.97 Å². The lowest BCUT2D eigenvalue weighted by molar-refractivity contribution is -0.138. The lowest BCUT2D eigenvalue weighted by Gasteiger charge is -2.28. The largest absolute Gasteiger partial charge is 0.481 e. The van der Waals surface area contributed by atoms with E-state index in [4.69, 9.17) is 9.84 Å². The van der Waals surface area contributed by atoms with Gasteiger partial charge in [-0.3, -0.25) is 4.79 Å². The minimum atomic E-state index is -0.757. The lowest BCUT2D eigenvalue weighted by Crippen LogP contribution is -2.31. The molecular formula is C17H23NO3. The van der Waals surface area contributed by atoms with E-state index in [1.54, 1.807) is 6.92 Å². The Morgan fingerprint density at radius 1 is 1.43 bits per heavy atom. The Bertz CT molecular complexity index is 523. The number of hydrogen-bond acceptors (Lipinski definition) is 3. The Kier molecular flexibility index (Phi) is 4.15. The maximum Gasteiger partial charge on any atom is 0.310 e. The van der Waals surface area contributed by atoms with Gasteiger partial charge in [0, 0.05) is 32.0 Å². The van der Waals surface area contributed by atoms with Crippen LogP contribution in [0.25, 0.3) is 0 Å². The summed E-state index contributed by atoms with van der Waals surface area (Å²) < 4.78 is 5.42. The minimum absolute atomic E-state index is 0.431. The van der Waals surface area contributed by atoms with Gasteiger partial charge in [0.2, 0.25) is 0 Å². The van der Waals surface area contributed by atoms with Crippen LogP contribution in [0.15, 0.2) is 18.2 Å². The highest BCUT2D eigenvalue weighted by Crippen LogP contribution is 2.32. The van der Waals surface area contributed by atoms with Gasteiger partial charge in [-0.2, -0.15) is 0 Å². The van der Waals surface area contributed by atoms with Crippen LogP contribution in [0.5, 0.6) is 0 Å². The van der Waals surface area contributed by atoms with Crippen molar-refractivity contribution in [3.63, 3.8) is 0 Å². The molecule has 0 aromatic heterocycles. The molecular weight excluding hydrogens is 266 g/mol. The first kappa shape index (κ1) is 14.4. The molecule has 1 N–H and O–H groups in total. The second-order valence-corrected chi connectivity index (χ2v) is 6.20. The molecule has 1 fully saturated rings. The predicted molar refractivity (Wildman–Crippen MR) is 82.0 cm³/mol. The summed E-state index contributed by atoms with van der Waals surface area (Å²) in [5.41, 5.74) is 3.50. The number of carboxylic acid groups (broad SMARTS) is 1. The number of carboxylic acids is 1. The predicted octanol–water partition coefficient (Wildman–Crippen LogP) is 2.66. The van der Waals surface area contributed by atoms with Crippen LogP contribution in [0.3, 0.4) is 0 Å². The molecule has 0 amide bonds. The van der Waals surface area contributed by atoms with Gasteiger partial charge in [0.15, 0.2) is 0 Å². The number of fused-ring (bicyclic) bond motifs is 1. The summed E-state index contributed by atoms with van der Waals surface area (Å²) in [5, 5.41) is 9.13. The summed E-state index contributed by atoms with van der Waals surface area (Å²) in [6, 6.07) is 6.16. The molecule has 1 aromatic carbocycles. The van der Waals surface area contributed by atoms with Crippen LogP contribution in [0.2, 0.25) is 0 Å². The highest BCUT2D eigenvalue weighted by molar-refractivity contribution is 5.76.